The molecule has 0 aromatic heterocycles. The fourth-order valence-electron chi connectivity index (χ4n) is 4.96. The van der Waals surface area contributed by atoms with Crippen LogP contribution in [0.2, 0.25) is 0 Å². The average molecular weight is 381 g/mol. The van der Waals surface area contributed by atoms with Crippen LogP contribution in [0.4, 0.5) is 4.39 Å². The summed E-state index contributed by atoms with van der Waals surface area (Å²) in [6.07, 6.45) is 5.24. The van der Waals surface area contributed by atoms with E-state index in [-0.39, 0.29) is 5.82 Å². The molecule has 3 aliphatic rings. The number of rotatable bonds is 4. The summed E-state index contributed by atoms with van der Waals surface area (Å²) >= 11 is 0. The van der Waals surface area contributed by atoms with Gasteiger partial charge in [0, 0.05) is 13.1 Å². The van der Waals surface area contributed by atoms with E-state index in [0.717, 1.165) is 39.0 Å². The zero-order chi connectivity index (χ0) is 18.9. The van der Waals surface area contributed by atoms with Crippen LogP contribution in [0.15, 0.2) is 48.5 Å². The summed E-state index contributed by atoms with van der Waals surface area (Å²) in [6, 6.07) is 15.8. The lowest BCUT2D eigenvalue weighted by molar-refractivity contribution is 0.131. The van der Waals surface area contributed by atoms with Crippen LogP contribution in [-0.2, 0) is 12.8 Å². The molecular weight excluding hydrogens is 351 g/mol. The van der Waals surface area contributed by atoms with E-state index < -0.39 is 0 Å². The van der Waals surface area contributed by atoms with Crippen LogP contribution in [0, 0.1) is 11.7 Å². The van der Waals surface area contributed by atoms with Crippen molar-refractivity contribution >= 4 is 0 Å². The van der Waals surface area contributed by atoms with Crippen molar-refractivity contribution in [1.29, 1.82) is 0 Å². The van der Waals surface area contributed by atoms with Gasteiger partial charge in [0.1, 0.15) is 12.0 Å². The van der Waals surface area contributed by atoms with Crippen LogP contribution in [0.5, 0.6) is 0 Å². The molecule has 5 heteroatoms. The van der Waals surface area contributed by atoms with Gasteiger partial charge in [0.25, 0.3) is 0 Å². The largest absolute Gasteiger partial charge is 0.303 e. The second kappa shape index (κ2) is 7.91. The molecule has 2 unspecified atom stereocenters. The van der Waals surface area contributed by atoms with Crippen molar-refractivity contribution in [2.75, 3.05) is 26.2 Å². The predicted molar refractivity (Wildman–Crippen MR) is 109 cm³/mol. The van der Waals surface area contributed by atoms with Crippen molar-refractivity contribution in [3.63, 3.8) is 0 Å². The molecule has 3 heterocycles. The first-order valence-corrected chi connectivity index (χ1v) is 10.6. The number of piperidine rings is 1. The number of fused-ring (bicyclic) bond motifs is 3. The molecule has 148 valence electrons. The van der Waals surface area contributed by atoms with Crippen LogP contribution in [0.1, 0.15) is 35.7 Å². The Morgan fingerprint density at radius 2 is 1.75 bits per heavy atom. The first kappa shape index (κ1) is 18.3. The molecule has 2 aromatic rings. The minimum Gasteiger partial charge on any atom is -0.303 e. The molecule has 0 amide bonds. The van der Waals surface area contributed by atoms with E-state index in [9.17, 15) is 4.39 Å². The first-order chi connectivity index (χ1) is 13.8. The Morgan fingerprint density at radius 1 is 0.964 bits per heavy atom. The molecule has 5 rings (SSSR count). The fraction of sp³-hybridized carbons (Fsp3) is 0.478. The smallest absolute Gasteiger partial charge is 0.123 e. The maximum Gasteiger partial charge on any atom is 0.123 e. The summed E-state index contributed by atoms with van der Waals surface area (Å²) in [5.41, 5.74) is 7.88. The molecule has 0 aliphatic carbocycles. The third-order valence-corrected chi connectivity index (χ3v) is 6.66. The van der Waals surface area contributed by atoms with Crippen molar-refractivity contribution in [3.05, 3.63) is 71.0 Å². The number of hydrogen-bond donors (Lipinski definition) is 2. The number of hydrogen-bond acceptors (Lipinski definition) is 4. The van der Waals surface area contributed by atoms with Crippen LogP contribution in [0.3, 0.4) is 0 Å². The van der Waals surface area contributed by atoms with Crippen molar-refractivity contribution in [3.8, 4) is 0 Å². The Kier molecular flexibility index (Phi) is 5.16. The number of benzene rings is 2. The minimum absolute atomic E-state index is 0.153. The first-order valence-electron chi connectivity index (χ1n) is 10.6. The predicted octanol–water partition coefficient (Wildman–Crippen LogP) is 3.07. The maximum absolute atomic E-state index is 13.0. The molecule has 0 saturated carbocycles. The van der Waals surface area contributed by atoms with Gasteiger partial charge in [-0.25, -0.2) is 14.8 Å². The number of hydrazine groups is 1. The Morgan fingerprint density at radius 3 is 2.57 bits per heavy atom. The third-order valence-electron chi connectivity index (χ3n) is 6.66. The topological polar surface area (TPSA) is 30.5 Å². The highest BCUT2D eigenvalue weighted by Crippen LogP contribution is 2.32. The van der Waals surface area contributed by atoms with E-state index >= 15 is 0 Å². The molecule has 28 heavy (non-hydrogen) atoms. The van der Waals surface area contributed by atoms with Crippen LogP contribution >= 0.6 is 0 Å². The van der Waals surface area contributed by atoms with E-state index in [2.05, 4.69) is 44.9 Å². The van der Waals surface area contributed by atoms with Crippen LogP contribution < -0.4 is 10.7 Å². The summed E-state index contributed by atoms with van der Waals surface area (Å²) < 4.78 is 13.0. The molecule has 2 aromatic carbocycles. The Labute approximate surface area is 166 Å². The monoisotopic (exact) mass is 380 g/mol. The van der Waals surface area contributed by atoms with Crippen molar-refractivity contribution in [1.82, 2.24) is 20.7 Å². The van der Waals surface area contributed by atoms with Crippen LogP contribution in [-0.4, -0.2) is 42.3 Å². The van der Waals surface area contributed by atoms with E-state index in [1.807, 2.05) is 12.1 Å². The van der Waals surface area contributed by atoms with E-state index in [1.54, 1.807) is 12.1 Å². The molecule has 0 bridgehead atoms. The highest BCUT2D eigenvalue weighted by atomic mass is 19.1. The van der Waals surface area contributed by atoms with Gasteiger partial charge in [0.15, 0.2) is 0 Å². The van der Waals surface area contributed by atoms with Gasteiger partial charge >= 0.3 is 0 Å². The summed E-state index contributed by atoms with van der Waals surface area (Å²) in [4.78, 5) is 2.55. The third kappa shape index (κ3) is 3.72. The van der Waals surface area contributed by atoms with E-state index in [0.29, 0.717) is 18.2 Å². The Bertz CT molecular complexity index is 801. The van der Waals surface area contributed by atoms with Gasteiger partial charge in [-0.2, -0.15) is 0 Å². The van der Waals surface area contributed by atoms with Gasteiger partial charge in [-0.05, 0) is 73.5 Å². The summed E-state index contributed by atoms with van der Waals surface area (Å²) in [7, 11) is 0. The van der Waals surface area contributed by atoms with Gasteiger partial charge < -0.3 is 4.90 Å². The zero-order valence-electron chi connectivity index (χ0n) is 16.3. The number of halogens is 1. The normalized spacial score (nSPS) is 26.2. The number of nitrogens with one attached hydrogen (secondary N) is 2. The Balaban J connectivity index is 1.13. The highest BCUT2D eigenvalue weighted by Gasteiger charge is 2.39. The lowest BCUT2D eigenvalue weighted by Gasteiger charge is -2.34. The molecule has 4 nitrogen and oxygen atoms in total. The lowest BCUT2D eigenvalue weighted by Crippen LogP contribution is -2.47. The maximum atomic E-state index is 13.0. The number of likely N-dealkylation sites (tertiary alicyclic amines) is 1. The summed E-state index contributed by atoms with van der Waals surface area (Å²) in [5, 5.41) is 6.25. The standard InChI is InChI=1S/C23H29FN4/c24-20-7-5-17(6-8-20)9-13-27-14-10-19(11-15-27)22-25-23-21-4-2-1-3-18(21)12-16-28(23)26-22/h1-8,19,22-23,25-26H,9-16H2. The zero-order valence-corrected chi connectivity index (χ0v) is 16.3. The number of nitrogens with zero attached hydrogens (tertiary/aromatic N) is 2. The Hall–Kier alpha value is -1.79. The van der Waals surface area contributed by atoms with E-state index in [1.165, 1.54) is 29.5 Å². The van der Waals surface area contributed by atoms with Crippen molar-refractivity contribution in [2.45, 2.75) is 38.0 Å². The molecule has 0 radical (unpaired) electrons. The molecule has 2 atom stereocenters. The van der Waals surface area contributed by atoms with Gasteiger partial charge in [-0.3, -0.25) is 5.32 Å². The SMILES string of the molecule is Fc1ccc(CCN2CCC(C3NC4c5ccccc5CCN4N3)CC2)cc1. The van der Waals surface area contributed by atoms with Gasteiger partial charge in [-0.15, -0.1) is 0 Å². The molecule has 0 spiro atoms. The van der Waals surface area contributed by atoms with E-state index in [4.69, 9.17) is 0 Å². The molecule has 2 N–H and O–H groups in total. The quantitative estimate of drug-likeness (QED) is 0.854. The highest BCUT2D eigenvalue weighted by molar-refractivity contribution is 5.32. The summed E-state index contributed by atoms with van der Waals surface area (Å²) in [6.45, 7) is 4.42. The second-order valence-corrected chi connectivity index (χ2v) is 8.37. The fourth-order valence-corrected chi connectivity index (χ4v) is 4.96. The summed E-state index contributed by atoms with van der Waals surface area (Å²) in [5.74, 6) is 0.514. The second-order valence-electron chi connectivity index (χ2n) is 8.37. The molecular formula is C23H29FN4. The minimum atomic E-state index is -0.153. The van der Waals surface area contributed by atoms with Crippen LogP contribution in [0.25, 0.3) is 0 Å². The van der Waals surface area contributed by atoms with Gasteiger partial charge in [0.05, 0.1) is 6.17 Å². The average Bonchev–Trinajstić information content (AvgIpc) is 3.19. The molecule has 3 aliphatic heterocycles. The van der Waals surface area contributed by atoms with Crippen molar-refractivity contribution in [2.24, 2.45) is 5.92 Å². The van der Waals surface area contributed by atoms with Gasteiger partial charge in [0.2, 0.25) is 0 Å². The van der Waals surface area contributed by atoms with Crippen molar-refractivity contribution < 1.29 is 4.39 Å². The van der Waals surface area contributed by atoms with Gasteiger partial charge in [-0.1, -0.05) is 36.4 Å². The molecule has 2 saturated heterocycles. The lowest BCUT2D eigenvalue weighted by atomic mass is 9.93. The molecule has 2 fully saturated rings.